The van der Waals surface area contributed by atoms with Crippen LogP contribution in [0.3, 0.4) is 0 Å². The first-order valence-electron chi connectivity index (χ1n) is 9.47. The number of aromatic nitrogens is 2. The highest BCUT2D eigenvalue weighted by molar-refractivity contribution is 5.54. The fourth-order valence-electron chi connectivity index (χ4n) is 3.47. The lowest BCUT2D eigenvalue weighted by atomic mass is 10.1. The topological polar surface area (TPSA) is 39.1 Å². The van der Waals surface area contributed by atoms with Crippen LogP contribution >= 0.6 is 0 Å². The number of fused-ring (bicyclic) bond motifs is 1. The van der Waals surface area contributed by atoms with Crippen LogP contribution in [0.2, 0.25) is 0 Å². The van der Waals surface area contributed by atoms with E-state index in [1.165, 1.54) is 29.7 Å². The van der Waals surface area contributed by atoms with E-state index in [1.54, 1.807) is 0 Å². The summed E-state index contributed by atoms with van der Waals surface area (Å²) in [6, 6.07) is 18.4. The Morgan fingerprint density at radius 1 is 1.04 bits per heavy atom. The summed E-state index contributed by atoms with van der Waals surface area (Å²) in [5.41, 5.74) is 4.83. The monoisotopic (exact) mass is 347 g/mol. The molecule has 1 N–H and O–H groups in total. The van der Waals surface area contributed by atoms with Crippen molar-refractivity contribution in [3.63, 3.8) is 0 Å². The molecule has 1 aliphatic heterocycles. The molecule has 3 aromatic rings. The fourth-order valence-corrected chi connectivity index (χ4v) is 3.47. The Hall–Kier alpha value is -2.75. The average Bonchev–Trinajstić information content (AvgIpc) is 2.87. The molecular formula is C22H25N3O. The molecule has 0 saturated carbocycles. The molecule has 0 saturated heterocycles. The minimum absolute atomic E-state index is 0.582. The molecular weight excluding hydrogens is 322 g/mol. The number of rotatable bonds is 5. The van der Waals surface area contributed by atoms with Gasteiger partial charge in [-0.05, 0) is 55.5 Å². The van der Waals surface area contributed by atoms with Crippen LogP contribution in [0.4, 0.5) is 5.82 Å². The zero-order valence-electron chi connectivity index (χ0n) is 15.2. The predicted molar refractivity (Wildman–Crippen MR) is 105 cm³/mol. The van der Waals surface area contributed by atoms with Gasteiger partial charge < -0.3 is 10.1 Å². The van der Waals surface area contributed by atoms with E-state index in [1.807, 2.05) is 30.3 Å². The molecule has 0 bridgehead atoms. The highest BCUT2D eigenvalue weighted by Crippen LogP contribution is 2.29. The van der Waals surface area contributed by atoms with E-state index in [2.05, 4.69) is 41.2 Å². The summed E-state index contributed by atoms with van der Waals surface area (Å²) in [5.74, 6) is 2.04. The molecule has 0 radical (unpaired) electrons. The number of aryl methyl sites for hydroxylation is 1. The Kier molecular flexibility index (Phi) is 4.91. The maximum Gasteiger partial charge on any atom is 0.133 e. The minimum atomic E-state index is 0.582. The van der Waals surface area contributed by atoms with Crippen molar-refractivity contribution >= 4 is 5.82 Å². The van der Waals surface area contributed by atoms with Gasteiger partial charge in [0.15, 0.2) is 0 Å². The molecule has 0 atom stereocenters. The zero-order chi connectivity index (χ0) is 17.8. The summed E-state index contributed by atoms with van der Waals surface area (Å²) in [5, 5.41) is 8.44. The van der Waals surface area contributed by atoms with Crippen molar-refractivity contribution in [3.8, 4) is 11.4 Å². The lowest BCUT2D eigenvalue weighted by molar-refractivity contribution is 0.306. The van der Waals surface area contributed by atoms with Crippen LogP contribution in [0, 0.1) is 0 Å². The maximum atomic E-state index is 5.90. The van der Waals surface area contributed by atoms with E-state index < -0.39 is 0 Å². The first-order chi connectivity index (χ1) is 12.8. The van der Waals surface area contributed by atoms with Crippen LogP contribution in [0.15, 0.2) is 54.6 Å². The molecule has 0 amide bonds. The fraction of sp³-hybridized carbons (Fsp3) is 0.318. The smallest absolute Gasteiger partial charge is 0.133 e. The second-order valence-corrected chi connectivity index (χ2v) is 6.69. The molecule has 0 spiro atoms. The lowest BCUT2D eigenvalue weighted by Gasteiger charge is -2.11. The normalized spacial score (nSPS) is 13.6. The third-order valence-corrected chi connectivity index (χ3v) is 4.88. The Labute approximate surface area is 154 Å². The molecule has 0 aliphatic carbocycles. The van der Waals surface area contributed by atoms with Crippen molar-refractivity contribution in [1.29, 1.82) is 0 Å². The number of hydrogen-bond donors (Lipinski definition) is 1. The van der Waals surface area contributed by atoms with Gasteiger partial charge >= 0.3 is 0 Å². The third-order valence-electron chi connectivity index (χ3n) is 4.88. The Morgan fingerprint density at radius 3 is 2.62 bits per heavy atom. The highest BCUT2D eigenvalue weighted by Gasteiger charge is 2.19. The first-order valence-corrected chi connectivity index (χ1v) is 9.47. The van der Waals surface area contributed by atoms with Crippen molar-refractivity contribution in [2.75, 3.05) is 11.9 Å². The number of ether oxygens (including phenoxy) is 1. The van der Waals surface area contributed by atoms with Crippen LogP contribution in [-0.4, -0.2) is 16.3 Å². The van der Waals surface area contributed by atoms with Crippen LogP contribution in [0.25, 0.3) is 5.69 Å². The van der Waals surface area contributed by atoms with E-state index in [4.69, 9.17) is 9.84 Å². The van der Waals surface area contributed by atoms with Gasteiger partial charge in [0.1, 0.15) is 18.2 Å². The Morgan fingerprint density at radius 2 is 1.85 bits per heavy atom. The number of nitrogens with one attached hydrogen (secondary N) is 1. The summed E-state index contributed by atoms with van der Waals surface area (Å²) in [4.78, 5) is 0. The molecule has 1 aromatic heterocycles. The van der Waals surface area contributed by atoms with E-state index >= 15 is 0 Å². The van der Waals surface area contributed by atoms with Crippen LogP contribution in [0.5, 0.6) is 5.75 Å². The standard InChI is InChI=1S/C22H25N3O/c1-2-21-20-10-6-7-15-23-22(20)25(24-21)18-11-13-19(14-12-18)26-16-17-8-4-3-5-9-17/h3-5,8-9,11-14,23H,2,6-7,10,15-16H2,1H3. The van der Waals surface area contributed by atoms with Crippen molar-refractivity contribution in [2.24, 2.45) is 0 Å². The Balaban J connectivity index is 1.54. The van der Waals surface area contributed by atoms with Gasteiger partial charge in [-0.25, -0.2) is 4.68 Å². The van der Waals surface area contributed by atoms with E-state index in [0.29, 0.717) is 6.61 Å². The molecule has 0 fully saturated rings. The molecule has 26 heavy (non-hydrogen) atoms. The lowest BCUT2D eigenvalue weighted by Crippen LogP contribution is -2.07. The predicted octanol–water partition coefficient (Wildman–Crippen LogP) is 4.76. The van der Waals surface area contributed by atoms with Gasteiger partial charge in [-0.2, -0.15) is 5.10 Å². The molecule has 4 rings (SSSR count). The minimum Gasteiger partial charge on any atom is -0.489 e. The SMILES string of the molecule is CCc1nn(-c2ccc(OCc3ccccc3)cc2)c2c1CCCCN2. The van der Waals surface area contributed by atoms with E-state index in [-0.39, 0.29) is 0 Å². The summed E-state index contributed by atoms with van der Waals surface area (Å²) >= 11 is 0. The molecule has 134 valence electrons. The summed E-state index contributed by atoms with van der Waals surface area (Å²) in [6.45, 7) is 3.78. The third kappa shape index (κ3) is 3.45. The molecule has 4 nitrogen and oxygen atoms in total. The highest BCUT2D eigenvalue weighted by atomic mass is 16.5. The zero-order valence-corrected chi connectivity index (χ0v) is 15.2. The number of nitrogens with zero attached hydrogens (tertiary/aromatic N) is 2. The second-order valence-electron chi connectivity index (χ2n) is 6.69. The number of anilines is 1. The van der Waals surface area contributed by atoms with Crippen molar-refractivity contribution in [3.05, 3.63) is 71.4 Å². The van der Waals surface area contributed by atoms with Gasteiger partial charge in [-0.1, -0.05) is 37.3 Å². The molecule has 4 heteroatoms. The summed E-state index contributed by atoms with van der Waals surface area (Å²) < 4.78 is 7.95. The molecule has 2 aromatic carbocycles. The van der Waals surface area contributed by atoms with Gasteiger partial charge in [0.05, 0.1) is 11.4 Å². The van der Waals surface area contributed by atoms with Gasteiger partial charge in [0, 0.05) is 12.1 Å². The molecule has 2 heterocycles. The summed E-state index contributed by atoms with van der Waals surface area (Å²) in [6.07, 6.45) is 4.52. The van der Waals surface area contributed by atoms with Crippen LogP contribution < -0.4 is 10.1 Å². The first kappa shape index (κ1) is 16.7. The second kappa shape index (κ2) is 7.65. The Bertz CT molecular complexity index is 853. The number of benzene rings is 2. The van der Waals surface area contributed by atoms with Gasteiger partial charge in [-0.3, -0.25) is 0 Å². The number of hydrogen-bond acceptors (Lipinski definition) is 3. The summed E-state index contributed by atoms with van der Waals surface area (Å²) in [7, 11) is 0. The van der Waals surface area contributed by atoms with Crippen molar-refractivity contribution in [2.45, 2.75) is 39.2 Å². The van der Waals surface area contributed by atoms with E-state index in [9.17, 15) is 0 Å². The van der Waals surface area contributed by atoms with Gasteiger partial charge in [0.2, 0.25) is 0 Å². The van der Waals surface area contributed by atoms with Gasteiger partial charge in [-0.15, -0.1) is 0 Å². The van der Waals surface area contributed by atoms with Crippen molar-refractivity contribution in [1.82, 2.24) is 9.78 Å². The van der Waals surface area contributed by atoms with Gasteiger partial charge in [0.25, 0.3) is 0 Å². The van der Waals surface area contributed by atoms with Crippen LogP contribution in [-0.2, 0) is 19.4 Å². The molecule has 1 aliphatic rings. The average molecular weight is 347 g/mol. The maximum absolute atomic E-state index is 5.90. The van der Waals surface area contributed by atoms with Crippen molar-refractivity contribution < 1.29 is 4.74 Å². The van der Waals surface area contributed by atoms with E-state index in [0.717, 1.165) is 36.6 Å². The van der Waals surface area contributed by atoms with Crippen LogP contribution in [0.1, 0.15) is 36.6 Å². The molecule has 0 unspecified atom stereocenters. The quantitative estimate of drug-likeness (QED) is 0.723. The largest absolute Gasteiger partial charge is 0.489 e.